The fourth-order valence-corrected chi connectivity index (χ4v) is 2.20. The minimum Gasteiger partial charge on any atom is -0.465 e. The lowest BCUT2D eigenvalue weighted by atomic mass is 9.95. The highest BCUT2D eigenvalue weighted by molar-refractivity contribution is 5.92. The van der Waals surface area contributed by atoms with Gasteiger partial charge in [-0.3, -0.25) is 10.1 Å². The average Bonchev–Trinajstić information content (AvgIpc) is 2.48. The first-order valence-electron chi connectivity index (χ1n) is 6.39. The first-order chi connectivity index (χ1) is 9.95. The van der Waals surface area contributed by atoms with Crippen molar-refractivity contribution in [1.82, 2.24) is 0 Å². The van der Waals surface area contributed by atoms with Gasteiger partial charge >= 0.3 is 5.97 Å². The van der Waals surface area contributed by atoms with E-state index in [0.717, 1.165) is 16.7 Å². The van der Waals surface area contributed by atoms with Crippen LogP contribution in [0.5, 0.6) is 0 Å². The van der Waals surface area contributed by atoms with Gasteiger partial charge < -0.3 is 4.74 Å². The molecule has 0 saturated heterocycles. The van der Waals surface area contributed by atoms with E-state index in [2.05, 4.69) is 4.74 Å². The van der Waals surface area contributed by atoms with Gasteiger partial charge in [-0.25, -0.2) is 4.79 Å². The van der Waals surface area contributed by atoms with Crippen LogP contribution in [-0.4, -0.2) is 18.0 Å². The molecule has 0 aliphatic carbocycles. The van der Waals surface area contributed by atoms with Gasteiger partial charge in [0.05, 0.1) is 23.2 Å². The maximum atomic E-state index is 11.5. The Morgan fingerprint density at radius 3 is 2.48 bits per heavy atom. The number of carbonyl (C=O) groups excluding carboxylic acids is 1. The number of ether oxygens (including phenoxy) is 1. The maximum Gasteiger partial charge on any atom is 0.338 e. The Kier molecular flexibility index (Phi) is 4.03. The van der Waals surface area contributed by atoms with E-state index >= 15 is 0 Å². The zero-order chi connectivity index (χ0) is 15.6. The summed E-state index contributed by atoms with van der Waals surface area (Å²) in [4.78, 5) is 22.3. The van der Waals surface area contributed by atoms with Gasteiger partial charge in [0.1, 0.15) is 0 Å². The third-order valence-corrected chi connectivity index (χ3v) is 3.51. The van der Waals surface area contributed by atoms with Crippen LogP contribution in [0.2, 0.25) is 0 Å². The number of esters is 1. The van der Waals surface area contributed by atoms with Crippen LogP contribution in [0.4, 0.5) is 5.69 Å². The molecule has 0 unspecified atom stereocenters. The number of nitrogens with zero attached hydrogens (tertiary/aromatic N) is 1. The number of methoxy groups -OCH3 is 1. The Morgan fingerprint density at radius 1 is 1.14 bits per heavy atom. The Hall–Kier alpha value is -2.69. The Labute approximate surface area is 122 Å². The van der Waals surface area contributed by atoms with Crippen molar-refractivity contribution in [2.24, 2.45) is 0 Å². The molecular formula is C16H15NO4. The number of nitro groups is 1. The van der Waals surface area contributed by atoms with Crippen molar-refractivity contribution in [3.8, 4) is 11.1 Å². The van der Waals surface area contributed by atoms with Crippen molar-refractivity contribution in [2.45, 2.75) is 13.8 Å². The fourth-order valence-electron chi connectivity index (χ4n) is 2.20. The lowest BCUT2D eigenvalue weighted by Crippen LogP contribution is -2.03. The van der Waals surface area contributed by atoms with E-state index in [1.165, 1.54) is 19.2 Å². The SMILES string of the molecule is COC(=O)c1ccc(-c2cccc(C)c2C)c([N+](=O)[O-])c1. The predicted octanol–water partition coefficient (Wildman–Crippen LogP) is 3.67. The summed E-state index contributed by atoms with van der Waals surface area (Å²) in [5, 5.41) is 11.3. The molecule has 0 aliphatic heterocycles. The monoisotopic (exact) mass is 285 g/mol. The molecule has 108 valence electrons. The number of benzene rings is 2. The van der Waals surface area contributed by atoms with Crippen molar-refractivity contribution >= 4 is 11.7 Å². The van der Waals surface area contributed by atoms with Crippen molar-refractivity contribution in [2.75, 3.05) is 7.11 Å². The van der Waals surface area contributed by atoms with Crippen LogP contribution in [-0.2, 0) is 4.74 Å². The van der Waals surface area contributed by atoms with Crippen LogP contribution in [0.1, 0.15) is 21.5 Å². The minimum absolute atomic E-state index is 0.105. The standard InChI is InChI=1S/C16H15NO4/c1-10-5-4-6-13(11(10)2)14-8-7-12(16(18)21-3)9-15(14)17(19)20/h4-9H,1-3H3. The summed E-state index contributed by atoms with van der Waals surface area (Å²) < 4.78 is 4.60. The summed E-state index contributed by atoms with van der Waals surface area (Å²) in [5.41, 5.74) is 3.38. The van der Waals surface area contributed by atoms with E-state index in [4.69, 9.17) is 0 Å². The highest BCUT2D eigenvalue weighted by atomic mass is 16.6. The zero-order valence-electron chi connectivity index (χ0n) is 12.0. The molecule has 0 heterocycles. The van der Waals surface area contributed by atoms with E-state index in [9.17, 15) is 14.9 Å². The van der Waals surface area contributed by atoms with Gasteiger partial charge in [-0.05, 0) is 42.7 Å². The number of hydrogen-bond donors (Lipinski definition) is 0. The maximum absolute atomic E-state index is 11.5. The van der Waals surface area contributed by atoms with Gasteiger partial charge in [0.15, 0.2) is 0 Å². The third kappa shape index (κ3) is 2.76. The summed E-state index contributed by atoms with van der Waals surface area (Å²) >= 11 is 0. The van der Waals surface area contributed by atoms with Gasteiger partial charge in [0.2, 0.25) is 0 Å². The molecule has 2 aromatic carbocycles. The summed E-state index contributed by atoms with van der Waals surface area (Å²) in [5.74, 6) is -0.592. The number of hydrogen-bond acceptors (Lipinski definition) is 4. The van der Waals surface area contributed by atoms with Crippen molar-refractivity contribution in [1.29, 1.82) is 0 Å². The van der Waals surface area contributed by atoms with Gasteiger partial charge in [-0.1, -0.05) is 18.2 Å². The molecule has 5 heteroatoms. The smallest absolute Gasteiger partial charge is 0.338 e. The van der Waals surface area contributed by atoms with E-state index in [1.807, 2.05) is 32.0 Å². The molecule has 2 rings (SSSR count). The van der Waals surface area contributed by atoms with Crippen LogP contribution in [0.3, 0.4) is 0 Å². The first kappa shape index (κ1) is 14.7. The first-order valence-corrected chi connectivity index (χ1v) is 6.39. The van der Waals surface area contributed by atoms with Crippen LogP contribution in [0, 0.1) is 24.0 Å². The lowest BCUT2D eigenvalue weighted by Gasteiger charge is -2.10. The molecule has 0 N–H and O–H groups in total. The Morgan fingerprint density at radius 2 is 1.86 bits per heavy atom. The highest BCUT2D eigenvalue weighted by Crippen LogP contribution is 2.33. The molecule has 0 aliphatic rings. The second-order valence-electron chi connectivity index (χ2n) is 4.73. The number of carbonyl (C=O) groups is 1. The molecule has 0 aromatic heterocycles. The molecular weight excluding hydrogens is 270 g/mol. The number of aryl methyl sites for hydroxylation is 1. The molecule has 0 bridgehead atoms. The molecule has 21 heavy (non-hydrogen) atoms. The molecule has 0 spiro atoms. The van der Waals surface area contributed by atoms with E-state index in [1.54, 1.807) is 6.07 Å². The number of rotatable bonds is 3. The van der Waals surface area contributed by atoms with Crippen molar-refractivity contribution in [3.05, 3.63) is 63.2 Å². The molecule has 0 fully saturated rings. The van der Waals surface area contributed by atoms with E-state index in [-0.39, 0.29) is 11.3 Å². The van der Waals surface area contributed by atoms with Gasteiger partial charge in [-0.15, -0.1) is 0 Å². The van der Waals surface area contributed by atoms with Gasteiger partial charge in [-0.2, -0.15) is 0 Å². The largest absolute Gasteiger partial charge is 0.465 e. The zero-order valence-corrected chi connectivity index (χ0v) is 12.0. The second kappa shape index (κ2) is 5.75. The number of nitro benzene ring substituents is 1. The van der Waals surface area contributed by atoms with Crippen LogP contribution in [0.25, 0.3) is 11.1 Å². The third-order valence-electron chi connectivity index (χ3n) is 3.51. The lowest BCUT2D eigenvalue weighted by molar-refractivity contribution is -0.384. The quantitative estimate of drug-likeness (QED) is 0.490. The van der Waals surface area contributed by atoms with Crippen LogP contribution in [0.15, 0.2) is 36.4 Å². The van der Waals surface area contributed by atoms with Crippen molar-refractivity contribution in [3.63, 3.8) is 0 Å². The summed E-state index contributed by atoms with van der Waals surface area (Å²) in [6.07, 6.45) is 0. The van der Waals surface area contributed by atoms with Crippen LogP contribution < -0.4 is 0 Å². The summed E-state index contributed by atoms with van der Waals surface area (Å²) in [6, 6.07) is 10.0. The predicted molar refractivity (Wildman–Crippen MR) is 79.3 cm³/mol. The van der Waals surface area contributed by atoms with E-state index < -0.39 is 10.9 Å². The Balaban J connectivity index is 2.66. The molecule has 0 saturated carbocycles. The average molecular weight is 285 g/mol. The topological polar surface area (TPSA) is 69.4 Å². The minimum atomic E-state index is -0.592. The summed E-state index contributed by atoms with van der Waals surface area (Å²) in [7, 11) is 1.24. The molecule has 0 amide bonds. The molecule has 2 aromatic rings. The fraction of sp³-hybridized carbons (Fsp3) is 0.188. The molecule has 5 nitrogen and oxygen atoms in total. The Bertz CT molecular complexity index is 722. The normalized spacial score (nSPS) is 10.2. The van der Waals surface area contributed by atoms with Crippen molar-refractivity contribution < 1.29 is 14.5 Å². The summed E-state index contributed by atoms with van der Waals surface area (Å²) in [6.45, 7) is 3.87. The van der Waals surface area contributed by atoms with Gasteiger partial charge in [0, 0.05) is 6.07 Å². The highest BCUT2D eigenvalue weighted by Gasteiger charge is 2.20. The van der Waals surface area contributed by atoms with Gasteiger partial charge in [0.25, 0.3) is 5.69 Å². The molecule has 0 atom stereocenters. The van der Waals surface area contributed by atoms with Crippen LogP contribution >= 0.6 is 0 Å². The molecule has 0 radical (unpaired) electrons. The van der Waals surface area contributed by atoms with E-state index in [0.29, 0.717) is 5.56 Å². The second-order valence-corrected chi connectivity index (χ2v) is 4.73.